The zero-order valence-corrected chi connectivity index (χ0v) is 8.64. The molecule has 0 bridgehead atoms. The molecule has 1 rings (SSSR count). The van der Waals surface area contributed by atoms with Crippen LogP contribution in [-0.2, 0) is 11.2 Å². The Morgan fingerprint density at radius 1 is 1.69 bits per heavy atom. The average Bonchev–Trinajstić information content (AvgIpc) is 2.56. The van der Waals surface area contributed by atoms with E-state index in [1.807, 2.05) is 24.4 Å². The standard InChI is InChI=1S/C10H15NOS/c1-8(7-11)5-9(12)6-10-3-2-4-13-10/h2-4,8H,5-7,11H2,1H3. The first kappa shape index (κ1) is 10.4. The van der Waals surface area contributed by atoms with Crippen molar-refractivity contribution in [1.29, 1.82) is 0 Å². The molecule has 1 atom stereocenters. The van der Waals surface area contributed by atoms with Gasteiger partial charge in [-0.15, -0.1) is 11.3 Å². The SMILES string of the molecule is CC(CN)CC(=O)Cc1cccs1. The van der Waals surface area contributed by atoms with E-state index in [-0.39, 0.29) is 0 Å². The van der Waals surface area contributed by atoms with Crippen LogP contribution in [0.3, 0.4) is 0 Å². The van der Waals surface area contributed by atoms with Gasteiger partial charge in [-0.25, -0.2) is 0 Å². The summed E-state index contributed by atoms with van der Waals surface area (Å²) in [6, 6.07) is 3.97. The molecule has 0 aromatic carbocycles. The number of nitrogens with two attached hydrogens (primary N) is 1. The zero-order chi connectivity index (χ0) is 9.68. The van der Waals surface area contributed by atoms with E-state index in [1.165, 1.54) is 0 Å². The van der Waals surface area contributed by atoms with Crippen molar-refractivity contribution >= 4 is 17.1 Å². The fourth-order valence-corrected chi connectivity index (χ4v) is 1.89. The van der Waals surface area contributed by atoms with Gasteiger partial charge in [-0.2, -0.15) is 0 Å². The molecule has 0 spiro atoms. The fraction of sp³-hybridized carbons (Fsp3) is 0.500. The Hall–Kier alpha value is -0.670. The normalized spacial score (nSPS) is 12.8. The summed E-state index contributed by atoms with van der Waals surface area (Å²) in [5.74, 6) is 0.605. The molecule has 2 nitrogen and oxygen atoms in total. The first-order valence-electron chi connectivity index (χ1n) is 4.46. The van der Waals surface area contributed by atoms with Gasteiger partial charge in [0.15, 0.2) is 0 Å². The largest absolute Gasteiger partial charge is 0.330 e. The van der Waals surface area contributed by atoms with Crippen LogP contribution in [0.1, 0.15) is 18.2 Å². The van der Waals surface area contributed by atoms with E-state index < -0.39 is 0 Å². The molecule has 0 saturated carbocycles. The van der Waals surface area contributed by atoms with Crippen molar-refractivity contribution < 1.29 is 4.79 Å². The third-order valence-electron chi connectivity index (χ3n) is 1.93. The summed E-state index contributed by atoms with van der Waals surface area (Å²) < 4.78 is 0. The summed E-state index contributed by atoms with van der Waals surface area (Å²) in [5.41, 5.74) is 5.44. The van der Waals surface area contributed by atoms with Crippen LogP contribution in [0.5, 0.6) is 0 Å². The topological polar surface area (TPSA) is 43.1 Å². The lowest BCUT2D eigenvalue weighted by molar-refractivity contribution is -0.119. The van der Waals surface area contributed by atoms with Gasteiger partial charge in [0.2, 0.25) is 0 Å². The van der Waals surface area contributed by atoms with Crippen LogP contribution in [-0.4, -0.2) is 12.3 Å². The third kappa shape index (κ3) is 3.70. The Morgan fingerprint density at radius 3 is 3.00 bits per heavy atom. The number of hydrogen-bond acceptors (Lipinski definition) is 3. The molecule has 3 heteroatoms. The molecule has 2 N–H and O–H groups in total. The van der Waals surface area contributed by atoms with E-state index in [9.17, 15) is 4.79 Å². The maximum absolute atomic E-state index is 11.4. The van der Waals surface area contributed by atoms with Crippen LogP contribution in [0.4, 0.5) is 0 Å². The zero-order valence-electron chi connectivity index (χ0n) is 7.82. The van der Waals surface area contributed by atoms with E-state index >= 15 is 0 Å². The van der Waals surface area contributed by atoms with Crippen LogP contribution in [0, 0.1) is 5.92 Å². The van der Waals surface area contributed by atoms with Gasteiger partial charge < -0.3 is 5.73 Å². The molecule has 1 heterocycles. The van der Waals surface area contributed by atoms with Crippen molar-refractivity contribution in [3.05, 3.63) is 22.4 Å². The molecular weight excluding hydrogens is 182 g/mol. The Balaban J connectivity index is 2.34. The first-order chi connectivity index (χ1) is 6.22. The summed E-state index contributed by atoms with van der Waals surface area (Å²) in [7, 11) is 0. The molecule has 0 aliphatic heterocycles. The lowest BCUT2D eigenvalue weighted by Gasteiger charge is -2.05. The Kier molecular flexibility index (Phi) is 4.12. The minimum atomic E-state index is 0.292. The lowest BCUT2D eigenvalue weighted by atomic mass is 10.0. The predicted octanol–water partition coefficient (Wildman–Crippen LogP) is 1.84. The number of carbonyl (C=O) groups excluding carboxylic acids is 1. The van der Waals surface area contributed by atoms with Crippen LogP contribution in [0.25, 0.3) is 0 Å². The highest BCUT2D eigenvalue weighted by molar-refractivity contribution is 7.10. The van der Waals surface area contributed by atoms with E-state index in [4.69, 9.17) is 5.73 Å². The maximum atomic E-state index is 11.4. The Bertz CT molecular complexity index is 256. The molecule has 72 valence electrons. The van der Waals surface area contributed by atoms with E-state index in [1.54, 1.807) is 11.3 Å². The summed E-state index contributed by atoms with van der Waals surface area (Å²) >= 11 is 1.63. The monoisotopic (exact) mass is 197 g/mol. The fourth-order valence-electron chi connectivity index (χ4n) is 1.15. The van der Waals surface area contributed by atoms with Crippen molar-refractivity contribution in [1.82, 2.24) is 0 Å². The second-order valence-corrected chi connectivity index (χ2v) is 4.37. The highest BCUT2D eigenvalue weighted by Gasteiger charge is 2.08. The Morgan fingerprint density at radius 2 is 2.46 bits per heavy atom. The summed E-state index contributed by atoms with van der Waals surface area (Å²) in [6.07, 6.45) is 1.18. The molecule has 0 radical (unpaired) electrons. The minimum absolute atomic E-state index is 0.292. The van der Waals surface area contributed by atoms with E-state index in [2.05, 4.69) is 0 Å². The first-order valence-corrected chi connectivity index (χ1v) is 5.34. The molecule has 0 fully saturated rings. The van der Waals surface area contributed by atoms with Crippen molar-refractivity contribution in [3.63, 3.8) is 0 Å². The summed E-state index contributed by atoms with van der Waals surface area (Å²) in [5, 5.41) is 2.00. The van der Waals surface area contributed by atoms with Crippen molar-refractivity contribution in [2.45, 2.75) is 19.8 Å². The number of ketones is 1. The van der Waals surface area contributed by atoms with Crippen molar-refractivity contribution in [2.75, 3.05) is 6.54 Å². The van der Waals surface area contributed by atoms with Gasteiger partial charge in [0.25, 0.3) is 0 Å². The minimum Gasteiger partial charge on any atom is -0.330 e. The van der Waals surface area contributed by atoms with E-state index in [0.29, 0.717) is 31.1 Å². The molecule has 13 heavy (non-hydrogen) atoms. The molecule has 1 unspecified atom stereocenters. The molecule has 0 amide bonds. The molecule has 0 saturated heterocycles. The van der Waals surface area contributed by atoms with Gasteiger partial charge in [0.05, 0.1) is 0 Å². The van der Waals surface area contributed by atoms with Gasteiger partial charge in [-0.05, 0) is 23.9 Å². The van der Waals surface area contributed by atoms with Crippen LogP contribution >= 0.6 is 11.3 Å². The van der Waals surface area contributed by atoms with Crippen molar-refractivity contribution in [2.24, 2.45) is 11.7 Å². The second kappa shape index (κ2) is 5.14. The Labute approximate surface area is 82.8 Å². The van der Waals surface area contributed by atoms with E-state index in [0.717, 1.165) is 4.88 Å². The van der Waals surface area contributed by atoms with Gasteiger partial charge in [0, 0.05) is 17.7 Å². The average molecular weight is 197 g/mol. The highest BCUT2D eigenvalue weighted by atomic mass is 32.1. The third-order valence-corrected chi connectivity index (χ3v) is 2.81. The predicted molar refractivity (Wildman–Crippen MR) is 55.9 cm³/mol. The number of thiophene rings is 1. The number of carbonyl (C=O) groups is 1. The molecular formula is C10H15NOS. The van der Waals surface area contributed by atoms with Crippen LogP contribution < -0.4 is 5.73 Å². The van der Waals surface area contributed by atoms with Crippen molar-refractivity contribution in [3.8, 4) is 0 Å². The van der Waals surface area contributed by atoms with Gasteiger partial charge >= 0.3 is 0 Å². The summed E-state index contributed by atoms with van der Waals surface area (Å²) in [6.45, 7) is 2.60. The second-order valence-electron chi connectivity index (χ2n) is 3.34. The van der Waals surface area contributed by atoms with Gasteiger partial charge in [-0.1, -0.05) is 13.0 Å². The van der Waals surface area contributed by atoms with Gasteiger partial charge in [-0.3, -0.25) is 4.79 Å². The number of hydrogen-bond donors (Lipinski definition) is 1. The number of rotatable bonds is 5. The quantitative estimate of drug-likeness (QED) is 0.782. The highest BCUT2D eigenvalue weighted by Crippen LogP contribution is 2.11. The molecule has 1 aromatic rings. The smallest absolute Gasteiger partial charge is 0.138 e. The maximum Gasteiger partial charge on any atom is 0.138 e. The van der Waals surface area contributed by atoms with Crippen LogP contribution in [0.15, 0.2) is 17.5 Å². The lowest BCUT2D eigenvalue weighted by Crippen LogP contribution is -2.15. The molecule has 1 aromatic heterocycles. The number of Topliss-reactive ketones (excluding diaryl/α,β-unsaturated/α-hetero) is 1. The summed E-state index contributed by atoms with van der Waals surface area (Å²) in [4.78, 5) is 12.6. The van der Waals surface area contributed by atoms with Crippen LogP contribution in [0.2, 0.25) is 0 Å². The molecule has 0 aliphatic rings. The van der Waals surface area contributed by atoms with Gasteiger partial charge in [0.1, 0.15) is 5.78 Å². The molecule has 0 aliphatic carbocycles.